The van der Waals surface area contributed by atoms with Crippen LogP contribution in [0.1, 0.15) is 61.3 Å². The third-order valence-electron chi connectivity index (χ3n) is 6.25. The molecule has 1 aliphatic heterocycles. The van der Waals surface area contributed by atoms with E-state index in [2.05, 4.69) is 16.9 Å². The van der Waals surface area contributed by atoms with Crippen LogP contribution in [0.25, 0.3) is 11.1 Å². The Kier molecular flexibility index (Phi) is 7.33. The number of aryl methyl sites for hydroxylation is 2. The maximum absolute atomic E-state index is 13.6. The van der Waals surface area contributed by atoms with Gasteiger partial charge >= 0.3 is 0 Å². The summed E-state index contributed by atoms with van der Waals surface area (Å²) < 4.78 is 5.52. The minimum Gasteiger partial charge on any atom is -0.496 e. The van der Waals surface area contributed by atoms with Crippen LogP contribution in [0, 0.1) is 6.92 Å². The van der Waals surface area contributed by atoms with E-state index in [0.29, 0.717) is 6.42 Å². The number of methoxy groups -OCH3 is 1. The van der Waals surface area contributed by atoms with Gasteiger partial charge in [-0.2, -0.15) is 0 Å². The molecule has 0 radical (unpaired) electrons. The van der Waals surface area contributed by atoms with Gasteiger partial charge in [0, 0.05) is 42.7 Å². The largest absolute Gasteiger partial charge is 0.496 e. The lowest BCUT2D eigenvalue weighted by Gasteiger charge is -2.36. The molecule has 1 aromatic carbocycles. The van der Waals surface area contributed by atoms with Crippen LogP contribution in [0.15, 0.2) is 48.9 Å². The lowest BCUT2D eigenvalue weighted by molar-refractivity contribution is -0.134. The Labute approximate surface area is 196 Å². The number of benzene rings is 1. The first-order valence-corrected chi connectivity index (χ1v) is 11.8. The molecule has 1 fully saturated rings. The van der Waals surface area contributed by atoms with Crippen molar-refractivity contribution >= 4 is 5.91 Å². The molecule has 1 saturated heterocycles. The molecule has 0 bridgehead atoms. The number of hydrogen-bond donors (Lipinski definition) is 0. The van der Waals surface area contributed by atoms with Gasteiger partial charge in [0.05, 0.1) is 25.3 Å². The van der Waals surface area contributed by atoms with E-state index in [1.807, 2.05) is 48.4 Å². The average molecular weight is 445 g/mol. The van der Waals surface area contributed by atoms with Crippen molar-refractivity contribution in [2.24, 2.45) is 0 Å². The van der Waals surface area contributed by atoms with Crippen molar-refractivity contribution in [3.63, 3.8) is 0 Å². The Morgan fingerprint density at radius 3 is 2.76 bits per heavy atom. The molecule has 6 nitrogen and oxygen atoms in total. The van der Waals surface area contributed by atoms with Gasteiger partial charge in [0.15, 0.2) is 0 Å². The fourth-order valence-electron chi connectivity index (χ4n) is 4.61. The second-order valence-electron chi connectivity index (χ2n) is 8.66. The Morgan fingerprint density at radius 2 is 2.00 bits per heavy atom. The first-order valence-electron chi connectivity index (χ1n) is 11.8. The third kappa shape index (κ3) is 5.21. The number of ether oxygens (including phenoxy) is 1. The summed E-state index contributed by atoms with van der Waals surface area (Å²) >= 11 is 0. The molecule has 1 aliphatic rings. The molecule has 2 aromatic heterocycles. The summed E-state index contributed by atoms with van der Waals surface area (Å²) in [4.78, 5) is 29.4. The lowest BCUT2D eigenvalue weighted by Crippen LogP contribution is -2.40. The van der Waals surface area contributed by atoms with Gasteiger partial charge in [-0.25, -0.2) is 9.97 Å². The van der Waals surface area contributed by atoms with Crippen LogP contribution >= 0.6 is 0 Å². The fourth-order valence-corrected chi connectivity index (χ4v) is 4.61. The summed E-state index contributed by atoms with van der Waals surface area (Å²) in [7, 11) is 1.65. The summed E-state index contributed by atoms with van der Waals surface area (Å²) in [6.45, 7) is 4.90. The molecule has 3 heterocycles. The summed E-state index contributed by atoms with van der Waals surface area (Å²) in [6, 6.07) is 9.89. The van der Waals surface area contributed by atoms with Crippen LogP contribution in [0.5, 0.6) is 5.75 Å². The zero-order valence-corrected chi connectivity index (χ0v) is 19.8. The zero-order valence-electron chi connectivity index (χ0n) is 19.8. The maximum Gasteiger partial charge on any atom is 0.227 e. The van der Waals surface area contributed by atoms with E-state index in [0.717, 1.165) is 78.2 Å². The fraction of sp³-hybridized carbons (Fsp3) is 0.407. The first kappa shape index (κ1) is 22.9. The van der Waals surface area contributed by atoms with Gasteiger partial charge in [-0.1, -0.05) is 24.6 Å². The van der Waals surface area contributed by atoms with Crippen molar-refractivity contribution in [3.05, 3.63) is 71.6 Å². The van der Waals surface area contributed by atoms with Gasteiger partial charge in [0.1, 0.15) is 11.6 Å². The highest BCUT2D eigenvalue weighted by Crippen LogP contribution is 2.36. The number of hydrogen-bond acceptors (Lipinski definition) is 5. The molecule has 0 unspecified atom stereocenters. The van der Waals surface area contributed by atoms with E-state index in [1.54, 1.807) is 19.5 Å². The van der Waals surface area contributed by atoms with Crippen LogP contribution in [-0.2, 0) is 17.6 Å². The average Bonchev–Trinajstić information content (AvgIpc) is 2.85. The molecule has 3 aromatic rings. The normalized spacial score (nSPS) is 16.0. The molecular weight excluding hydrogens is 412 g/mol. The molecular formula is C27H32N4O2. The van der Waals surface area contributed by atoms with Crippen LogP contribution in [0.2, 0.25) is 0 Å². The molecule has 33 heavy (non-hydrogen) atoms. The van der Waals surface area contributed by atoms with E-state index in [4.69, 9.17) is 9.72 Å². The number of piperidine rings is 1. The second kappa shape index (κ2) is 10.6. The quantitative estimate of drug-likeness (QED) is 0.507. The van der Waals surface area contributed by atoms with E-state index < -0.39 is 0 Å². The molecule has 0 saturated carbocycles. The van der Waals surface area contributed by atoms with Crippen LogP contribution < -0.4 is 4.74 Å². The van der Waals surface area contributed by atoms with Crippen molar-refractivity contribution in [1.29, 1.82) is 0 Å². The minimum absolute atomic E-state index is 0.0659. The number of pyridine rings is 1. The van der Waals surface area contributed by atoms with Gasteiger partial charge in [-0.3, -0.25) is 9.78 Å². The molecule has 1 amide bonds. The SMILES string of the molecule is CCCc1ncc(-c2ccncc2)c([C@@H]2CCCCN2C(=O)Cc2cc(C)ccc2OC)n1. The molecule has 0 spiro atoms. The second-order valence-corrected chi connectivity index (χ2v) is 8.66. The number of rotatable bonds is 7. The number of amides is 1. The molecule has 6 heteroatoms. The summed E-state index contributed by atoms with van der Waals surface area (Å²) in [5.74, 6) is 1.70. The molecule has 0 aliphatic carbocycles. The lowest BCUT2D eigenvalue weighted by atomic mass is 9.93. The van der Waals surface area contributed by atoms with Crippen LogP contribution in [0.3, 0.4) is 0 Å². The Morgan fingerprint density at radius 1 is 1.18 bits per heavy atom. The number of carbonyl (C=O) groups excluding carboxylic acids is 1. The van der Waals surface area contributed by atoms with Gasteiger partial charge in [0.25, 0.3) is 0 Å². The van der Waals surface area contributed by atoms with E-state index in [-0.39, 0.29) is 11.9 Å². The predicted molar refractivity (Wildman–Crippen MR) is 129 cm³/mol. The van der Waals surface area contributed by atoms with Crippen molar-refractivity contribution in [2.75, 3.05) is 13.7 Å². The molecule has 1 atom stereocenters. The minimum atomic E-state index is -0.0659. The monoisotopic (exact) mass is 444 g/mol. The van der Waals surface area contributed by atoms with Gasteiger partial charge in [-0.15, -0.1) is 0 Å². The first-order chi connectivity index (χ1) is 16.1. The zero-order chi connectivity index (χ0) is 23.2. The summed E-state index contributed by atoms with van der Waals surface area (Å²) in [5.41, 5.74) is 5.00. The Balaban J connectivity index is 1.70. The Hall–Kier alpha value is -3.28. The van der Waals surface area contributed by atoms with E-state index in [1.165, 1.54) is 0 Å². The topological polar surface area (TPSA) is 68.2 Å². The number of nitrogens with zero attached hydrogens (tertiary/aromatic N) is 4. The highest BCUT2D eigenvalue weighted by atomic mass is 16.5. The van der Waals surface area contributed by atoms with Crippen molar-refractivity contribution < 1.29 is 9.53 Å². The van der Waals surface area contributed by atoms with Crippen molar-refractivity contribution in [1.82, 2.24) is 19.9 Å². The van der Waals surface area contributed by atoms with Gasteiger partial charge < -0.3 is 9.64 Å². The van der Waals surface area contributed by atoms with Gasteiger partial charge in [-0.05, 0) is 56.4 Å². The molecule has 4 rings (SSSR count). The summed E-state index contributed by atoms with van der Waals surface area (Å²) in [6.07, 6.45) is 10.6. The molecule has 0 N–H and O–H groups in total. The van der Waals surface area contributed by atoms with Crippen molar-refractivity contribution in [3.8, 4) is 16.9 Å². The third-order valence-corrected chi connectivity index (χ3v) is 6.25. The van der Waals surface area contributed by atoms with E-state index >= 15 is 0 Å². The predicted octanol–water partition coefficient (Wildman–Crippen LogP) is 5.10. The highest BCUT2D eigenvalue weighted by molar-refractivity contribution is 5.80. The van der Waals surface area contributed by atoms with Gasteiger partial charge in [0.2, 0.25) is 5.91 Å². The Bertz CT molecular complexity index is 1100. The van der Waals surface area contributed by atoms with Crippen LogP contribution in [-0.4, -0.2) is 39.4 Å². The highest BCUT2D eigenvalue weighted by Gasteiger charge is 2.31. The smallest absolute Gasteiger partial charge is 0.227 e. The van der Waals surface area contributed by atoms with Crippen LogP contribution in [0.4, 0.5) is 0 Å². The number of aromatic nitrogens is 3. The molecule has 172 valence electrons. The number of likely N-dealkylation sites (tertiary alicyclic amines) is 1. The maximum atomic E-state index is 13.6. The standard InChI is InChI=1S/C27H32N4O2/c1-4-7-25-29-18-22(20-11-13-28-14-12-20)27(30-25)23-8-5-6-15-31(23)26(32)17-21-16-19(2)9-10-24(21)33-3/h9-14,16,18,23H,4-8,15,17H2,1-3H3/t23-/m0/s1. The summed E-state index contributed by atoms with van der Waals surface area (Å²) in [5, 5.41) is 0. The van der Waals surface area contributed by atoms with E-state index in [9.17, 15) is 4.79 Å². The number of carbonyl (C=O) groups is 1. The van der Waals surface area contributed by atoms with Crippen molar-refractivity contribution in [2.45, 2.75) is 58.4 Å².